The molecule has 0 spiro atoms. The van der Waals surface area contributed by atoms with Crippen LogP contribution >= 0.6 is 15.9 Å². The van der Waals surface area contributed by atoms with Crippen LogP contribution in [0.25, 0.3) is 5.69 Å². The average molecular weight is 422 g/mol. The fourth-order valence-corrected chi connectivity index (χ4v) is 3.19. The molecule has 0 N–H and O–H groups in total. The molecule has 3 heterocycles. The quantitative estimate of drug-likeness (QED) is 0.743. The summed E-state index contributed by atoms with van der Waals surface area (Å²) in [6.07, 6.45) is 3.31. The van der Waals surface area contributed by atoms with Gasteiger partial charge in [0.05, 0.1) is 0 Å². The van der Waals surface area contributed by atoms with Crippen molar-refractivity contribution >= 4 is 27.8 Å². The number of pyridine rings is 1. The summed E-state index contributed by atoms with van der Waals surface area (Å²) in [4.78, 5) is 20.8. The van der Waals surface area contributed by atoms with Crippen molar-refractivity contribution in [3.8, 4) is 5.69 Å². The predicted molar refractivity (Wildman–Crippen MR) is 104 cm³/mol. The number of amides is 1. The molecule has 0 aliphatic carbocycles. The Morgan fingerprint density at radius 3 is 2.50 bits per heavy atom. The lowest BCUT2D eigenvalue weighted by Crippen LogP contribution is -2.50. The Bertz CT molecular complexity index is 791. The lowest BCUT2D eigenvalue weighted by atomic mass is 10.2. The predicted octanol–water partition coefficient (Wildman–Crippen LogP) is 3.40. The minimum absolute atomic E-state index is 0.260. The number of ether oxygens (including phenoxy) is 1. The first kappa shape index (κ1) is 18.7. The number of halogens is 1. The van der Waals surface area contributed by atoms with E-state index in [4.69, 9.17) is 4.74 Å². The van der Waals surface area contributed by atoms with E-state index < -0.39 is 5.60 Å². The molecule has 0 bridgehead atoms. The van der Waals surface area contributed by atoms with Crippen LogP contribution in [0.4, 0.5) is 10.6 Å². The van der Waals surface area contributed by atoms with Crippen molar-refractivity contribution in [1.82, 2.24) is 19.7 Å². The average Bonchev–Trinajstić information content (AvgIpc) is 2.99. The van der Waals surface area contributed by atoms with Gasteiger partial charge in [0.25, 0.3) is 0 Å². The van der Waals surface area contributed by atoms with Crippen molar-refractivity contribution in [2.45, 2.75) is 33.3 Å². The molecule has 1 aliphatic rings. The highest BCUT2D eigenvalue weighted by atomic mass is 79.9. The zero-order valence-corrected chi connectivity index (χ0v) is 17.2. The summed E-state index contributed by atoms with van der Waals surface area (Å²) in [5, 5.41) is 4.41. The molecule has 8 heteroatoms. The van der Waals surface area contributed by atoms with Gasteiger partial charge in [0.2, 0.25) is 0 Å². The van der Waals surface area contributed by atoms with Crippen LogP contribution in [0.2, 0.25) is 0 Å². The SMILES string of the molecule is Cc1ccnn1-c1cc(Br)cnc1N1CCN(C(=O)OC(C)(C)C)CC1. The topological polar surface area (TPSA) is 63.5 Å². The van der Waals surface area contributed by atoms with Gasteiger partial charge in [-0.1, -0.05) is 0 Å². The maximum Gasteiger partial charge on any atom is 0.410 e. The number of aryl methyl sites for hydroxylation is 1. The van der Waals surface area contributed by atoms with E-state index in [1.54, 1.807) is 17.3 Å². The first-order chi connectivity index (χ1) is 12.2. The lowest BCUT2D eigenvalue weighted by molar-refractivity contribution is 0.0240. The summed E-state index contributed by atoms with van der Waals surface area (Å²) in [6, 6.07) is 3.98. The number of carbonyl (C=O) groups excluding carboxylic acids is 1. The van der Waals surface area contributed by atoms with E-state index in [2.05, 4.69) is 30.9 Å². The standard InChI is InChI=1S/C18H24BrN5O2/c1-13-5-6-21-24(13)15-11-14(19)12-20-16(15)22-7-9-23(10-8-22)17(25)26-18(2,3)4/h5-6,11-12H,7-10H2,1-4H3. The normalized spacial score (nSPS) is 15.3. The van der Waals surface area contributed by atoms with Crippen LogP contribution in [-0.2, 0) is 4.74 Å². The molecule has 7 nitrogen and oxygen atoms in total. The zero-order valence-electron chi connectivity index (χ0n) is 15.6. The molecule has 2 aromatic rings. The Morgan fingerprint density at radius 2 is 1.92 bits per heavy atom. The number of nitrogens with zero attached hydrogens (tertiary/aromatic N) is 5. The molecular weight excluding hydrogens is 398 g/mol. The molecule has 1 fully saturated rings. The molecule has 1 aliphatic heterocycles. The molecule has 0 aromatic carbocycles. The number of anilines is 1. The summed E-state index contributed by atoms with van der Waals surface area (Å²) < 4.78 is 8.25. The molecule has 26 heavy (non-hydrogen) atoms. The first-order valence-electron chi connectivity index (χ1n) is 8.64. The van der Waals surface area contributed by atoms with E-state index in [-0.39, 0.29) is 6.09 Å². The van der Waals surface area contributed by atoms with Crippen molar-refractivity contribution in [2.24, 2.45) is 0 Å². The van der Waals surface area contributed by atoms with Gasteiger partial charge >= 0.3 is 6.09 Å². The fraction of sp³-hybridized carbons (Fsp3) is 0.500. The Hall–Kier alpha value is -2.09. The van der Waals surface area contributed by atoms with Gasteiger partial charge in [-0.2, -0.15) is 5.10 Å². The van der Waals surface area contributed by atoms with Crippen LogP contribution in [0, 0.1) is 6.92 Å². The third kappa shape index (κ3) is 4.17. The van der Waals surface area contributed by atoms with Crippen molar-refractivity contribution in [3.05, 3.63) is 34.7 Å². The second-order valence-corrected chi connectivity index (χ2v) is 8.25. The van der Waals surface area contributed by atoms with E-state index >= 15 is 0 Å². The summed E-state index contributed by atoms with van der Waals surface area (Å²) in [7, 11) is 0. The monoisotopic (exact) mass is 421 g/mol. The second-order valence-electron chi connectivity index (χ2n) is 7.34. The highest BCUT2D eigenvalue weighted by molar-refractivity contribution is 9.10. The molecule has 1 saturated heterocycles. The maximum atomic E-state index is 12.2. The minimum Gasteiger partial charge on any atom is -0.444 e. The Morgan fingerprint density at radius 1 is 1.23 bits per heavy atom. The van der Waals surface area contributed by atoms with E-state index in [0.717, 1.165) is 21.7 Å². The van der Waals surface area contributed by atoms with E-state index in [9.17, 15) is 4.79 Å². The molecule has 0 saturated carbocycles. The first-order valence-corrected chi connectivity index (χ1v) is 9.43. The van der Waals surface area contributed by atoms with Crippen LogP contribution in [-0.4, -0.2) is 57.5 Å². The summed E-state index contributed by atoms with van der Waals surface area (Å²) in [6.45, 7) is 10.2. The van der Waals surface area contributed by atoms with Gasteiger partial charge in [-0.3, -0.25) is 0 Å². The molecular formula is C18H24BrN5O2. The summed E-state index contributed by atoms with van der Waals surface area (Å²) >= 11 is 3.50. The minimum atomic E-state index is -0.480. The highest BCUT2D eigenvalue weighted by Gasteiger charge is 2.27. The van der Waals surface area contributed by atoms with Crippen LogP contribution in [0.5, 0.6) is 0 Å². The number of hydrogen-bond acceptors (Lipinski definition) is 5. The Labute approximate surface area is 162 Å². The van der Waals surface area contributed by atoms with Crippen molar-refractivity contribution < 1.29 is 9.53 Å². The van der Waals surface area contributed by atoms with Gasteiger partial charge in [-0.15, -0.1) is 0 Å². The van der Waals surface area contributed by atoms with Gasteiger partial charge in [0.1, 0.15) is 11.3 Å². The zero-order chi connectivity index (χ0) is 18.9. The molecule has 2 aromatic heterocycles. The second kappa shape index (κ2) is 7.26. The molecule has 1 amide bonds. The van der Waals surface area contributed by atoms with Crippen molar-refractivity contribution in [1.29, 1.82) is 0 Å². The summed E-state index contributed by atoms with van der Waals surface area (Å²) in [5.74, 6) is 0.865. The Kier molecular flexibility index (Phi) is 5.22. The molecule has 0 unspecified atom stereocenters. The van der Waals surface area contributed by atoms with Gasteiger partial charge in [0.15, 0.2) is 5.82 Å². The number of rotatable bonds is 2. The van der Waals surface area contributed by atoms with E-state index in [0.29, 0.717) is 26.2 Å². The molecule has 140 valence electrons. The number of piperazine rings is 1. The van der Waals surface area contributed by atoms with Crippen LogP contribution in [0.3, 0.4) is 0 Å². The van der Waals surface area contributed by atoms with Gasteiger partial charge in [0, 0.05) is 48.7 Å². The van der Waals surface area contributed by atoms with Crippen LogP contribution in [0.15, 0.2) is 29.0 Å². The molecule has 0 atom stereocenters. The van der Waals surface area contributed by atoms with Gasteiger partial charge in [-0.25, -0.2) is 14.5 Å². The van der Waals surface area contributed by atoms with Gasteiger partial charge < -0.3 is 14.5 Å². The molecule has 3 rings (SSSR count). The van der Waals surface area contributed by atoms with Gasteiger partial charge in [-0.05, 0) is 55.8 Å². The van der Waals surface area contributed by atoms with Crippen molar-refractivity contribution in [3.63, 3.8) is 0 Å². The summed E-state index contributed by atoms with van der Waals surface area (Å²) in [5.41, 5.74) is 1.48. The van der Waals surface area contributed by atoms with Crippen LogP contribution in [0.1, 0.15) is 26.5 Å². The third-order valence-corrected chi connectivity index (χ3v) is 4.54. The largest absolute Gasteiger partial charge is 0.444 e. The number of hydrogen-bond donors (Lipinski definition) is 0. The van der Waals surface area contributed by atoms with E-state index in [1.807, 2.05) is 44.5 Å². The maximum absolute atomic E-state index is 12.2. The van der Waals surface area contributed by atoms with E-state index in [1.165, 1.54) is 0 Å². The van der Waals surface area contributed by atoms with Crippen molar-refractivity contribution in [2.75, 3.05) is 31.1 Å². The Balaban J connectivity index is 1.76. The number of aromatic nitrogens is 3. The van der Waals surface area contributed by atoms with Crippen LogP contribution < -0.4 is 4.90 Å². The number of carbonyl (C=O) groups is 1. The highest BCUT2D eigenvalue weighted by Crippen LogP contribution is 2.27. The lowest BCUT2D eigenvalue weighted by Gasteiger charge is -2.36. The fourth-order valence-electron chi connectivity index (χ4n) is 2.87. The third-order valence-electron chi connectivity index (χ3n) is 4.10. The molecule has 0 radical (unpaired) electrons. The smallest absolute Gasteiger partial charge is 0.410 e.